The number of rotatable bonds is 4. The second kappa shape index (κ2) is 7.15. The lowest BCUT2D eigenvalue weighted by atomic mass is 10.1. The summed E-state index contributed by atoms with van der Waals surface area (Å²) in [6.07, 6.45) is 0. The molecule has 0 aliphatic heterocycles. The molecule has 0 bridgehead atoms. The number of benzene rings is 3. The van der Waals surface area contributed by atoms with Crippen molar-refractivity contribution in [2.45, 2.75) is 0 Å². The van der Waals surface area contributed by atoms with Gasteiger partial charge in [-0.1, -0.05) is 35.9 Å². The van der Waals surface area contributed by atoms with Crippen LogP contribution in [0.5, 0.6) is 23.0 Å². The van der Waals surface area contributed by atoms with Crippen molar-refractivity contribution in [2.24, 2.45) is 0 Å². The average Bonchev–Trinajstić information content (AvgIpc) is 2.58. The van der Waals surface area contributed by atoms with E-state index in [9.17, 15) is 15.0 Å². The Kier molecular flexibility index (Phi) is 4.77. The number of halogens is 1. The van der Waals surface area contributed by atoms with Crippen LogP contribution in [0.25, 0.3) is 0 Å². The molecule has 3 rings (SSSR count). The van der Waals surface area contributed by atoms with Crippen molar-refractivity contribution in [3.63, 3.8) is 0 Å². The van der Waals surface area contributed by atoms with E-state index in [4.69, 9.17) is 16.3 Å². The van der Waals surface area contributed by atoms with Crippen LogP contribution in [0, 0.1) is 0 Å². The van der Waals surface area contributed by atoms with E-state index in [0.29, 0.717) is 22.2 Å². The second-order valence-electron chi connectivity index (χ2n) is 5.18. The molecule has 126 valence electrons. The molecule has 6 heteroatoms. The van der Waals surface area contributed by atoms with E-state index < -0.39 is 5.91 Å². The van der Waals surface area contributed by atoms with Gasteiger partial charge in [-0.05, 0) is 36.4 Å². The van der Waals surface area contributed by atoms with Gasteiger partial charge in [-0.3, -0.25) is 4.79 Å². The largest absolute Gasteiger partial charge is 0.508 e. The standard InChI is InChI=1S/C19H14ClNO4/c20-14-5-1-3-7-17(14)25-18-8-4-2-6-15(18)21-19(24)13-10-9-12(22)11-16(13)23/h1-11,22-23H,(H,21,24). The molecule has 3 aromatic carbocycles. The van der Waals surface area contributed by atoms with Crippen LogP contribution in [-0.4, -0.2) is 16.1 Å². The van der Waals surface area contributed by atoms with E-state index >= 15 is 0 Å². The normalized spacial score (nSPS) is 10.3. The van der Waals surface area contributed by atoms with E-state index in [1.54, 1.807) is 48.5 Å². The van der Waals surface area contributed by atoms with Crippen LogP contribution in [0.1, 0.15) is 10.4 Å². The van der Waals surface area contributed by atoms with Gasteiger partial charge in [-0.25, -0.2) is 0 Å². The Morgan fingerprint density at radius 1 is 0.920 bits per heavy atom. The van der Waals surface area contributed by atoms with Gasteiger partial charge >= 0.3 is 0 Å². The molecule has 0 saturated heterocycles. The van der Waals surface area contributed by atoms with Gasteiger partial charge in [0.25, 0.3) is 5.91 Å². The second-order valence-corrected chi connectivity index (χ2v) is 5.59. The molecule has 0 radical (unpaired) electrons. The Bertz CT molecular complexity index is 927. The van der Waals surface area contributed by atoms with Crippen LogP contribution >= 0.6 is 11.6 Å². The van der Waals surface area contributed by atoms with Gasteiger partial charge in [0.15, 0.2) is 5.75 Å². The summed E-state index contributed by atoms with van der Waals surface area (Å²) in [6, 6.07) is 17.6. The van der Waals surface area contributed by atoms with Gasteiger partial charge in [0.1, 0.15) is 17.2 Å². The summed E-state index contributed by atoms with van der Waals surface area (Å²) in [7, 11) is 0. The number of para-hydroxylation sites is 3. The lowest BCUT2D eigenvalue weighted by Gasteiger charge is -2.13. The highest BCUT2D eigenvalue weighted by molar-refractivity contribution is 6.32. The third-order valence-electron chi connectivity index (χ3n) is 3.42. The number of phenols is 2. The number of ether oxygens (including phenoxy) is 1. The van der Waals surface area contributed by atoms with E-state index in [1.165, 1.54) is 12.1 Å². The predicted octanol–water partition coefficient (Wildman–Crippen LogP) is 4.80. The first-order valence-corrected chi connectivity index (χ1v) is 7.77. The maximum Gasteiger partial charge on any atom is 0.259 e. The van der Waals surface area contributed by atoms with Crippen LogP contribution in [0.15, 0.2) is 66.7 Å². The van der Waals surface area contributed by atoms with Gasteiger partial charge in [0.05, 0.1) is 16.3 Å². The third-order valence-corrected chi connectivity index (χ3v) is 3.73. The van der Waals surface area contributed by atoms with Crippen LogP contribution < -0.4 is 10.1 Å². The monoisotopic (exact) mass is 355 g/mol. The smallest absolute Gasteiger partial charge is 0.259 e. The Morgan fingerprint density at radius 3 is 2.32 bits per heavy atom. The molecule has 0 fully saturated rings. The molecule has 0 aliphatic rings. The SMILES string of the molecule is O=C(Nc1ccccc1Oc1ccccc1Cl)c1ccc(O)cc1O. The fraction of sp³-hybridized carbons (Fsp3) is 0. The van der Waals surface area contributed by atoms with Crippen molar-refractivity contribution < 1.29 is 19.7 Å². The van der Waals surface area contributed by atoms with Crippen LogP contribution in [0.4, 0.5) is 5.69 Å². The molecule has 0 saturated carbocycles. The van der Waals surface area contributed by atoms with Gasteiger partial charge in [-0.15, -0.1) is 0 Å². The van der Waals surface area contributed by atoms with Gasteiger partial charge < -0.3 is 20.3 Å². The molecule has 5 nitrogen and oxygen atoms in total. The predicted molar refractivity (Wildman–Crippen MR) is 95.7 cm³/mol. The van der Waals surface area contributed by atoms with Crippen molar-refractivity contribution in [1.82, 2.24) is 0 Å². The van der Waals surface area contributed by atoms with Crippen LogP contribution in [-0.2, 0) is 0 Å². The van der Waals surface area contributed by atoms with Crippen molar-refractivity contribution >= 4 is 23.2 Å². The zero-order chi connectivity index (χ0) is 17.8. The number of amides is 1. The molecule has 0 spiro atoms. The molecule has 3 aromatic rings. The first-order valence-electron chi connectivity index (χ1n) is 7.39. The summed E-state index contributed by atoms with van der Waals surface area (Å²) in [5, 5.41) is 22.3. The minimum absolute atomic E-state index is 0.0327. The molecule has 0 atom stereocenters. The molecule has 25 heavy (non-hydrogen) atoms. The van der Waals surface area contributed by atoms with Gasteiger partial charge in [-0.2, -0.15) is 0 Å². The topological polar surface area (TPSA) is 78.8 Å². The lowest BCUT2D eigenvalue weighted by molar-refractivity contribution is 0.102. The summed E-state index contributed by atoms with van der Waals surface area (Å²) in [5.41, 5.74) is 0.449. The summed E-state index contributed by atoms with van der Waals surface area (Å²) >= 11 is 6.09. The minimum atomic E-state index is -0.535. The molecule has 0 unspecified atom stereocenters. The summed E-state index contributed by atoms with van der Waals surface area (Å²) in [4.78, 5) is 12.4. The average molecular weight is 356 g/mol. The van der Waals surface area contributed by atoms with Crippen LogP contribution in [0.3, 0.4) is 0 Å². The zero-order valence-electron chi connectivity index (χ0n) is 12.9. The highest BCUT2D eigenvalue weighted by Gasteiger charge is 2.15. The zero-order valence-corrected chi connectivity index (χ0v) is 13.7. The molecule has 0 aliphatic carbocycles. The number of nitrogens with one attached hydrogen (secondary N) is 1. The summed E-state index contributed by atoms with van der Waals surface area (Å²) in [6.45, 7) is 0. The van der Waals surface area contributed by atoms with E-state index in [0.717, 1.165) is 6.07 Å². The third kappa shape index (κ3) is 3.84. The Labute approximate surface area is 149 Å². The van der Waals surface area contributed by atoms with Gasteiger partial charge in [0, 0.05) is 6.07 Å². The number of carbonyl (C=O) groups excluding carboxylic acids is 1. The molecular weight excluding hydrogens is 342 g/mol. The number of carbonyl (C=O) groups is 1. The van der Waals surface area contributed by atoms with Crippen molar-refractivity contribution in [1.29, 1.82) is 0 Å². The summed E-state index contributed by atoms with van der Waals surface area (Å²) in [5.74, 6) is -0.119. The highest BCUT2D eigenvalue weighted by atomic mass is 35.5. The molecular formula is C19H14ClNO4. The maximum absolute atomic E-state index is 12.4. The van der Waals surface area contributed by atoms with E-state index in [-0.39, 0.29) is 17.1 Å². The fourth-order valence-electron chi connectivity index (χ4n) is 2.21. The quantitative estimate of drug-likeness (QED) is 0.628. The minimum Gasteiger partial charge on any atom is -0.508 e. The summed E-state index contributed by atoms with van der Waals surface area (Å²) < 4.78 is 5.78. The van der Waals surface area contributed by atoms with Crippen molar-refractivity contribution in [2.75, 3.05) is 5.32 Å². The fourth-order valence-corrected chi connectivity index (χ4v) is 2.38. The number of hydrogen-bond acceptors (Lipinski definition) is 4. The first kappa shape index (κ1) is 16.7. The Hall–Kier alpha value is -3.18. The number of hydrogen-bond donors (Lipinski definition) is 3. The number of phenolic OH excluding ortho intramolecular Hbond substituents is 2. The first-order chi connectivity index (χ1) is 12.0. The van der Waals surface area contributed by atoms with E-state index in [2.05, 4.69) is 5.32 Å². The van der Waals surface area contributed by atoms with Gasteiger partial charge in [0.2, 0.25) is 0 Å². The molecule has 1 amide bonds. The number of aromatic hydroxyl groups is 2. The van der Waals surface area contributed by atoms with Crippen LogP contribution in [0.2, 0.25) is 5.02 Å². The molecule has 3 N–H and O–H groups in total. The van der Waals surface area contributed by atoms with Crippen molar-refractivity contribution in [3.05, 3.63) is 77.3 Å². The Balaban J connectivity index is 1.86. The molecule has 0 aromatic heterocycles. The Morgan fingerprint density at radius 2 is 1.60 bits per heavy atom. The lowest BCUT2D eigenvalue weighted by Crippen LogP contribution is -2.12. The highest BCUT2D eigenvalue weighted by Crippen LogP contribution is 2.34. The maximum atomic E-state index is 12.4. The van der Waals surface area contributed by atoms with E-state index in [1.807, 2.05) is 0 Å². The molecule has 0 heterocycles. The number of anilines is 1. The van der Waals surface area contributed by atoms with Crippen molar-refractivity contribution in [3.8, 4) is 23.0 Å².